The Labute approximate surface area is 120 Å². The second-order valence-electron chi connectivity index (χ2n) is 0.909. The van der Waals surface area contributed by atoms with Crippen molar-refractivity contribution < 1.29 is 70.4 Å². The van der Waals surface area contributed by atoms with E-state index in [1.807, 2.05) is 30.8 Å². The molecule has 4 heteroatoms. The monoisotopic (exact) mass is 874 g/mol. The summed E-state index contributed by atoms with van der Waals surface area (Å²) < 4.78 is 0. The molecule has 0 fully saturated rings. The minimum atomic E-state index is 0. The van der Waals surface area contributed by atoms with Crippen LogP contribution in [-0.2, 0) is 70.4 Å². The molecule has 76 valence electrons. The third-order valence-corrected chi connectivity index (χ3v) is 0.278. The zero-order valence-electron chi connectivity index (χ0n) is 6.29. The van der Waals surface area contributed by atoms with Gasteiger partial charge >= 0.3 is 70.4 Å². The molecule has 0 N–H and O–H groups in total. The van der Waals surface area contributed by atoms with Crippen LogP contribution in [0.1, 0.15) is 6.42 Å². The molecule has 0 rings (SSSR count). The predicted octanol–water partition coefficient (Wildman–Crippen LogP) is 2.15. The van der Waals surface area contributed by atoms with Gasteiger partial charge < -0.3 is 44.9 Å². The van der Waals surface area contributed by atoms with Gasteiger partial charge in [-0.25, -0.2) is 0 Å². The molecule has 0 unspecified atom stereocenters. The molecule has 0 aromatic heterocycles. The quantitative estimate of drug-likeness (QED) is 0.296. The molecule has 0 nitrogen and oxygen atoms in total. The number of hydrogen-bond donors (Lipinski definition) is 0. The van der Waals surface area contributed by atoms with Crippen molar-refractivity contribution in [3.05, 3.63) is 44.9 Å². The van der Waals surface area contributed by atoms with Gasteiger partial charge in [-0.1, -0.05) is 0 Å². The molecule has 0 heterocycles. The fraction of sp³-hybridized carbons (Fsp3) is 0.125. The van der Waals surface area contributed by atoms with E-state index in [4.69, 9.17) is 19.7 Å². The fourth-order valence-electron chi connectivity index (χ4n) is 0. The standard InChI is InChI=1S/C4H6.C4H4.4Os/c2*1-3-4-2;;;;/h1,3H,2,4H2;1-4H;;;;/q2*-2;;;2*+1. The van der Waals surface area contributed by atoms with E-state index in [1.54, 1.807) is 0 Å². The Bertz CT molecular complexity index is 75.1. The summed E-state index contributed by atoms with van der Waals surface area (Å²) >= 11 is 3.78. The molecule has 2 radical (unpaired) electrons. The number of allylic oxidation sites excluding steroid dienone is 3. The second-order valence-corrected chi connectivity index (χ2v) is 0.909. The summed E-state index contributed by atoms with van der Waals surface area (Å²) in [5, 5.41) is 0. The Morgan fingerprint density at radius 3 is 1.17 bits per heavy atom. The van der Waals surface area contributed by atoms with E-state index in [9.17, 15) is 0 Å². The van der Waals surface area contributed by atoms with Crippen LogP contribution in [0.2, 0.25) is 0 Å². The van der Waals surface area contributed by atoms with E-state index in [-0.39, 0.29) is 39.6 Å². The molecule has 0 aliphatic rings. The molecule has 0 spiro atoms. The Balaban J connectivity index is -0.0000000198. The van der Waals surface area contributed by atoms with Crippen LogP contribution in [-0.4, -0.2) is 0 Å². The first-order valence-electron chi connectivity index (χ1n) is 2.37. The van der Waals surface area contributed by atoms with Gasteiger partial charge in [-0.05, 0) is 0 Å². The zero-order valence-corrected chi connectivity index (χ0v) is 16.5. The maximum atomic E-state index is 4.84. The van der Waals surface area contributed by atoms with Crippen molar-refractivity contribution in [2.24, 2.45) is 0 Å². The van der Waals surface area contributed by atoms with Crippen LogP contribution in [0.15, 0.2) is 18.2 Å². The third-order valence-electron chi connectivity index (χ3n) is 0.278. The van der Waals surface area contributed by atoms with E-state index in [2.05, 4.69) is 6.92 Å². The van der Waals surface area contributed by atoms with Crippen LogP contribution < -0.4 is 0 Å². The topological polar surface area (TPSA) is 0 Å². The van der Waals surface area contributed by atoms with Crippen molar-refractivity contribution >= 4 is 0 Å². The first-order valence-corrected chi connectivity index (χ1v) is 10.6. The van der Waals surface area contributed by atoms with Crippen molar-refractivity contribution in [1.29, 1.82) is 0 Å². The summed E-state index contributed by atoms with van der Waals surface area (Å²) in [6.07, 6.45) is 4.79. The molecule has 0 aliphatic carbocycles. The second kappa shape index (κ2) is 53.2. The van der Waals surface area contributed by atoms with Crippen molar-refractivity contribution in [3.8, 4) is 0 Å². The van der Waals surface area contributed by atoms with Crippen LogP contribution in [0, 0.1) is 26.7 Å². The molecule has 0 aliphatic heterocycles. The summed E-state index contributed by atoms with van der Waals surface area (Å²) in [5.41, 5.74) is 0. The molecular weight excluding hydrogens is 857 g/mol. The maximum absolute atomic E-state index is 4.84. The van der Waals surface area contributed by atoms with Crippen LogP contribution in [0.5, 0.6) is 0 Å². The van der Waals surface area contributed by atoms with E-state index in [0.29, 0.717) is 0 Å². The number of hydrogen-bond acceptors (Lipinski definition) is 0. The van der Waals surface area contributed by atoms with Gasteiger partial charge in [0.25, 0.3) is 0 Å². The molecular formula is C8H10Os4-2. The van der Waals surface area contributed by atoms with E-state index in [0.717, 1.165) is 6.42 Å². The van der Waals surface area contributed by atoms with Gasteiger partial charge in [0.2, 0.25) is 0 Å². The molecule has 0 bridgehead atoms. The van der Waals surface area contributed by atoms with Crippen LogP contribution in [0.25, 0.3) is 0 Å². The SMILES string of the molecule is [CH-]=CC=[CH-].[CH-]=CC[CH2-].[Os+].[Os+].[Os]=[Os]. The first kappa shape index (κ1) is 29.2. The Morgan fingerprint density at radius 2 is 1.17 bits per heavy atom. The van der Waals surface area contributed by atoms with E-state index >= 15 is 0 Å². The van der Waals surface area contributed by atoms with Gasteiger partial charge in [0.15, 0.2) is 0 Å². The van der Waals surface area contributed by atoms with Crippen LogP contribution in [0.4, 0.5) is 0 Å². The molecule has 0 aromatic carbocycles. The van der Waals surface area contributed by atoms with E-state index in [1.165, 1.54) is 18.2 Å². The van der Waals surface area contributed by atoms with Gasteiger partial charge in [0.1, 0.15) is 0 Å². The summed E-state index contributed by atoms with van der Waals surface area (Å²) in [4.78, 5) is 0. The van der Waals surface area contributed by atoms with Crippen LogP contribution >= 0.6 is 0 Å². The summed E-state index contributed by atoms with van der Waals surface area (Å²) in [5.74, 6) is 0. The number of rotatable bonds is 2. The van der Waals surface area contributed by atoms with Gasteiger partial charge in [0, 0.05) is 0 Å². The normalized spacial score (nSPS) is 4.25. The van der Waals surface area contributed by atoms with Gasteiger partial charge in [-0.2, -0.15) is 6.42 Å². The Hall–Kier alpha value is 1.77. The average molecular weight is 867 g/mol. The summed E-state index contributed by atoms with van der Waals surface area (Å²) in [7, 11) is 0. The first-order chi connectivity index (χ1) is 4.83. The molecule has 12 heavy (non-hydrogen) atoms. The molecule has 0 saturated carbocycles. The van der Waals surface area contributed by atoms with Crippen molar-refractivity contribution in [2.75, 3.05) is 0 Å². The third kappa shape index (κ3) is 96.2. The van der Waals surface area contributed by atoms with E-state index < -0.39 is 0 Å². The van der Waals surface area contributed by atoms with Gasteiger partial charge in [-0.3, -0.25) is 0 Å². The fourth-order valence-corrected chi connectivity index (χ4v) is 0. The average Bonchev–Trinajstić information content (AvgIpc) is 2.08. The summed E-state index contributed by atoms with van der Waals surface area (Å²) in [6.45, 7) is 17.7. The molecule has 0 amide bonds. The molecule has 0 aromatic rings. The van der Waals surface area contributed by atoms with Crippen molar-refractivity contribution in [1.82, 2.24) is 0 Å². The predicted molar refractivity (Wildman–Crippen MR) is 36.6 cm³/mol. The van der Waals surface area contributed by atoms with Crippen molar-refractivity contribution in [3.63, 3.8) is 0 Å². The van der Waals surface area contributed by atoms with Crippen LogP contribution in [0.3, 0.4) is 0 Å². The summed E-state index contributed by atoms with van der Waals surface area (Å²) in [6, 6.07) is 0. The zero-order chi connectivity index (χ0) is 8.83. The minimum absolute atomic E-state index is 0. The van der Waals surface area contributed by atoms with Gasteiger partial charge in [-0.15, -0.1) is 0 Å². The Kier molecular flexibility index (Phi) is 129. The molecule has 0 atom stereocenters. The van der Waals surface area contributed by atoms with Crippen molar-refractivity contribution in [2.45, 2.75) is 6.42 Å². The van der Waals surface area contributed by atoms with Gasteiger partial charge in [0.05, 0.1) is 0 Å². The Morgan fingerprint density at radius 1 is 1.00 bits per heavy atom. The molecule has 0 saturated heterocycles.